The molecule has 4 atom stereocenters. The number of methoxy groups -OCH3 is 1. The molecule has 12 heavy (non-hydrogen) atoms. The Labute approximate surface area is 70.5 Å². The summed E-state index contributed by atoms with van der Waals surface area (Å²) in [5.74, 6) is -0.308. The topological polar surface area (TPSA) is 59.1 Å². The fourth-order valence-electron chi connectivity index (χ4n) is 1.88. The van der Waals surface area contributed by atoms with Crippen LogP contribution in [0.15, 0.2) is 0 Å². The van der Waals surface area contributed by atoms with Crippen LogP contribution < -0.4 is 0 Å². The van der Waals surface area contributed by atoms with E-state index in [1.54, 1.807) is 0 Å². The summed E-state index contributed by atoms with van der Waals surface area (Å²) in [5.41, 5.74) is 0. The summed E-state index contributed by atoms with van der Waals surface area (Å²) in [4.78, 5) is 10.9. The lowest BCUT2D eigenvalue weighted by molar-refractivity contribution is -0.143. The summed E-state index contributed by atoms with van der Waals surface area (Å²) >= 11 is 0. The van der Waals surface area contributed by atoms with Gasteiger partial charge in [-0.15, -0.1) is 0 Å². The van der Waals surface area contributed by atoms with Gasteiger partial charge in [0.2, 0.25) is 0 Å². The quantitative estimate of drug-likeness (QED) is 0.459. The fraction of sp³-hybridized carbons (Fsp3) is 0.875. The molecule has 1 N–H and O–H groups in total. The molecule has 0 radical (unpaired) electrons. The molecule has 0 aromatic rings. The Morgan fingerprint density at radius 2 is 2.50 bits per heavy atom. The third kappa shape index (κ3) is 1.21. The molecule has 1 aliphatic carbocycles. The summed E-state index contributed by atoms with van der Waals surface area (Å²) in [6.07, 6.45) is 0.882. The number of carbonyl (C=O) groups is 1. The van der Waals surface area contributed by atoms with E-state index in [0.717, 1.165) is 0 Å². The molecular weight excluding hydrogens is 160 g/mol. The second-order valence-electron chi connectivity index (χ2n) is 3.39. The average Bonchev–Trinajstić information content (AvgIpc) is 2.73. The zero-order valence-electron chi connectivity index (χ0n) is 6.90. The Bertz CT molecular complexity index is 201. The van der Waals surface area contributed by atoms with Gasteiger partial charge in [0.25, 0.3) is 0 Å². The van der Waals surface area contributed by atoms with Crippen molar-refractivity contribution in [1.29, 1.82) is 0 Å². The van der Waals surface area contributed by atoms with E-state index in [0.29, 0.717) is 6.42 Å². The van der Waals surface area contributed by atoms with E-state index in [4.69, 9.17) is 4.74 Å². The standard InChI is InChI=1S/C8H12O4/c1-11-7(10)2-4-5(9)3-6-8(4)12-6/h4-6,8-9H,2-3H2,1H3. The molecule has 1 saturated carbocycles. The first-order chi connectivity index (χ1) is 5.72. The monoisotopic (exact) mass is 172 g/mol. The van der Waals surface area contributed by atoms with E-state index in [9.17, 15) is 9.90 Å². The largest absolute Gasteiger partial charge is 0.469 e. The fourth-order valence-corrected chi connectivity index (χ4v) is 1.88. The molecule has 0 aromatic carbocycles. The predicted molar refractivity (Wildman–Crippen MR) is 39.4 cm³/mol. The lowest BCUT2D eigenvalue weighted by atomic mass is 10.0. The van der Waals surface area contributed by atoms with Gasteiger partial charge in [-0.25, -0.2) is 0 Å². The van der Waals surface area contributed by atoms with E-state index in [2.05, 4.69) is 4.74 Å². The molecule has 0 spiro atoms. The van der Waals surface area contributed by atoms with Crippen LogP contribution in [0.3, 0.4) is 0 Å². The SMILES string of the molecule is COC(=O)CC1C(O)CC2OC21. The molecule has 4 unspecified atom stereocenters. The maximum absolute atomic E-state index is 10.9. The molecular formula is C8H12O4. The molecule has 68 valence electrons. The molecule has 1 heterocycles. The van der Waals surface area contributed by atoms with Crippen LogP contribution in [0.1, 0.15) is 12.8 Å². The number of esters is 1. The van der Waals surface area contributed by atoms with Gasteiger partial charge in [0.15, 0.2) is 0 Å². The average molecular weight is 172 g/mol. The summed E-state index contributed by atoms with van der Waals surface area (Å²) in [7, 11) is 1.36. The third-order valence-electron chi connectivity index (χ3n) is 2.64. The van der Waals surface area contributed by atoms with E-state index in [1.165, 1.54) is 7.11 Å². The summed E-state index contributed by atoms with van der Waals surface area (Å²) in [5, 5.41) is 9.45. The minimum atomic E-state index is -0.382. The van der Waals surface area contributed by atoms with Gasteiger partial charge in [0.1, 0.15) is 0 Å². The molecule has 0 amide bonds. The lowest BCUT2D eigenvalue weighted by Gasteiger charge is -2.14. The second kappa shape index (κ2) is 2.71. The number of aliphatic hydroxyl groups excluding tert-OH is 1. The Morgan fingerprint density at radius 3 is 3.00 bits per heavy atom. The molecule has 2 fully saturated rings. The molecule has 2 rings (SSSR count). The van der Waals surface area contributed by atoms with Crippen LogP contribution in [0.25, 0.3) is 0 Å². The van der Waals surface area contributed by atoms with Gasteiger partial charge in [-0.05, 0) is 0 Å². The minimum Gasteiger partial charge on any atom is -0.469 e. The Kier molecular flexibility index (Phi) is 1.81. The Balaban J connectivity index is 1.90. The van der Waals surface area contributed by atoms with E-state index >= 15 is 0 Å². The van der Waals surface area contributed by atoms with Crippen LogP contribution in [-0.4, -0.2) is 36.5 Å². The van der Waals surface area contributed by atoms with Crippen LogP contribution in [0, 0.1) is 5.92 Å². The van der Waals surface area contributed by atoms with Crippen molar-refractivity contribution in [3.05, 3.63) is 0 Å². The van der Waals surface area contributed by atoms with Gasteiger partial charge < -0.3 is 14.6 Å². The van der Waals surface area contributed by atoms with Gasteiger partial charge in [0, 0.05) is 12.3 Å². The van der Waals surface area contributed by atoms with Gasteiger partial charge in [-0.1, -0.05) is 0 Å². The third-order valence-corrected chi connectivity index (χ3v) is 2.64. The predicted octanol–water partition coefficient (Wildman–Crippen LogP) is -0.302. The van der Waals surface area contributed by atoms with Gasteiger partial charge in [0.05, 0.1) is 31.8 Å². The lowest BCUT2D eigenvalue weighted by Crippen LogP contribution is -2.23. The van der Waals surface area contributed by atoms with Crippen molar-refractivity contribution < 1.29 is 19.4 Å². The van der Waals surface area contributed by atoms with Gasteiger partial charge in [-0.2, -0.15) is 0 Å². The highest BCUT2D eigenvalue weighted by atomic mass is 16.6. The summed E-state index contributed by atoms with van der Waals surface area (Å²) < 4.78 is 9.74. The first-order valence-corrected chi connectivity index (χ1v) is 4.12. The van der Waals surface area contributed by atoms with Crippen LogP contribution in [-0.2, 0) is 14.3 Å². The maximum atomic E-state index is 10.9. The van der Waals surface area contributed by atoms with Crippen LogP contribution in [0.2, 0.25) is 0 Å². The highest BCUT2D eigenvalue weighted by molar-refractivity contribution is 5.69. The molecule has 1 aliphatic heterocycles. The van der Waals surface area contributed by atoms with Crippen LogP contribution >= 0.6 is 0 Å². The highest BCUT2D eigenvalue weighted by Crippen LogP contribution is 2.44. The summed E-state index contributed by atoms with van der Waals surface area (Å²) in [6, 6.07) is 0. The van der Waals surface area contributed by atoms with E-state index in [-0.39, 0.29) is 36.6 Å². The van der Waals surface area contributed by atoms with Crippen molar-refractivity contribution in [1.82, 2.24) is 0 Å². The highest BCUT2D eigenvalue weighted by Gasteiger charge is 2.55. The number of hydrogen-bond acceptors (Lipinski definition) is 4. The number of epoxide rings is 1. The summed E-state index contributed by atoms with van der Waals surface area (Å²) in [6.45, 7) is 0. The first-order valence-electron chi connectivity index (χ1n) is 4.12. The number of fused-ring (bicyclic) bond motifs is 1. The minimum absolute atomic E-state index is 0.0394. The van der Waals surface area contributed by atoms with Crippen molar-refractivity contribution in [2.24, 2.45) is 5.92 Å². The number of carbonyl (C=O) groups excluding carboxylic acids is 1. The second-order valence-corrected chi connectivity index (χ2v) is 3.39. The van der Waals surface area contributed by atoms with Crippen molar-refractivity contribution in [3.8, 4) is 0 Å². The van der Waals surface area contributed by atoms with Crippen LogP contribution in [0.5, 0.6) is 0 Å². The molecule has 4 heteroatoms. The molecule has 0 bridgehead atoms. The smallest absolute Gasteiger partial charge is 0.305 e. The van der Waals surface area contributed by atoms with Gasteiger partial charge in [-0.3, -0.25) is 4.79 Å². The zero-order valence-corrected chi connectivity index (χ0v) is 6.90. The first kappa shape index (κ1) is 8.01. The Morgan fingerprint density at radius 1 is 1.75 bits per heavy atom. The van der Waals surface area contributed by atoms with Crippen molar-refractivity contribution in [2.75, 3.05) is 7.11 Å². The number of rotatable bonds is 2. The Hall–Kier alpha value is -0.610. The van der Waals surface area contributed by atoms with Gasteiger partial charge >= 0.3 is 5.97 Å². The van der Waals surface area contributed by atoms with Crippen molar-refractivity contribution in [3.63, 3.8) is 0 Å². The van der Waals surface area contributed by atoms with E-state index < -0.39 is 0 Å². The molecule has 4 nitrogen and oxygen atoms in total. The molecule has 1 saturated heterocycles. The number of hydrogen-bond donors (Lipinski definition) is 1. The van der Waals surface area contributed by atoms with Crippen molar-refractivity contribution in [2.45, 2.75) is 31.2 Å². The zero-order chi connectivity index (χ0) is 8.72. The normalized spacial score (nSPS) is 43.8. The molecule has 2 aliphatic rings. The molecule has 0 aromatic heterocycles. The van der Waals surface area contributed by atoms with Crippen molar-refractivity contribution >= 4 is 5.97 Å². The van der Waals surface area contributed by atoms with Crippen LogP contribution in [0.4, 0.5) is 0 Å². The van der Waals surface area contributed by atoms with E-state index in [1.807, 2.05) is 0 Å². The maximum Gasteiger partial charge on any atom is 0.305 e. The number of ether oxygens (including phenoxy) is 2. The number of aliphatic hydroxyl groups is 1.